The third kappa shape index (κ3) is 5.42. The van der Waals surface area contributed by atoms with Crippen LogP contribution in [0.25, 0.3) is 0 Å². The van der Waals surface area contributed by atoms with Crippen LogP contribution in [0.5, 0.6) is 5.75 Å². The molecule has 0 spiro atoms. The lowest BCUT2D eigenvalue weighted by molar-refractivity contribution is -0.119. The largest absolute Gasteiger partial charge is 0.484 e. The fourth-order valence-electron chi connectivity index (χ4n) is 2.58. The van der Waals surface area contributed by atoms with E-state index < -0.39 is 17.7 Å². The van der Waals surface area contributed by atoms with Crippen LogP contribution in [0.3, 0.4) is 0 Å². The summed E-state index contributed by atoms with van der Waals surface area (Å²) in [6.07, 6.45) is 0. The Bertz CT molecular complexity index is 893. The summed E-state index contributed by atoms with van der Waals surface area (Å²) in [6.45, 7) is 4.21. The number of aryl methyl sites for hydroxylation is 1. The van der Waals surface area contributed by atoms with Crippen molar-refractivity contribution >= 4 is 34.2 Å². The third-order valence-electron chi connectivity index (χ3n) is 4.06. The van der Waals surface area contributed by atoms with Gasteiger partial charge in [0.2, 0.25) is 0 Å². The monoisotopic (exact) mass is 419 g/mol. The van der Waals surface area contributed by atoms with E-state index in [1.54, 1.807) is 6.92 Å². The number of carbonyl (C=O) groups excluding carboxylic acids is 3. The zero-order valence-corrected chi connectivity index (χ0v) is 16.6. The molecule has 0 saturated carbocycles. The van der Waals surface area contributed by atoms with Crippen LogP contribution in [0, 0.1) is 6.92 Å². The molecule has 3 amide bonds. The number of morpholine rings is 1. The molecule has 0 atom stereocenters. The van der Waals surface area contributed by atoms with E-state index in [1.165, 1.54) is 35.6 Å². The minimum Gasteiger partial charge on any atom is -0.484 e. The van der Waals surface area contributed by atoms with Crippen molar-refractivity contribution in [3.63, 3.8) is 0 Å². The Kier molecular flexibility index (Phi) is 6.62. The van der Waals surface area contributed by atoms with Gasteiger partial charge in [-0.05, 0) is 31.2 Å². The van der Waals surface area contributed by atoms with Gasteiger partial charge in [-0.1, -0.05) is 11.3 Å². The first-order valence-electron chi connectivity index (χ1n) is 8.86. The highest BCUT2D eigenvalue weighted by atomic mass is 32.1. The van der Waals surface area contributed by atoms with Crippen molar-refractivity contribution in [2.24, 2.45) is 5.73 Å². The summed E-state index contributed by atoms with van der Waals surface area (Å²) >= 11 is 1.27. The Labute approximate surface area is 171 Å². The SMILES string of the molecule is Cc1nc(N2CCOCC2)sc1C(=O)NNC(=O)c1ccc(OCC(N)=O)cc1. The molecule has 2 heterocycles. The molecule has 10 nitrogen and oxygen atoms in total. The number of nitrogens with two attached hydrogens (primary N) is 1. The summed E-state index contributed by atoms with van der Waals surface area (Å²) in [5.74, 6) is -1.12. The predicted molar refractivity (Wildman–Crippen MR) is 106 cm³/mol. The maximum absolute atomic E-state index is 12.4. The number of benzene rings is 1. The predicted octanol–water partition coefficient (Wildman–Crippen LogP) is 0.227. The summed E-state index contributed by atoms with van der Waals surface area (Å²) < 4.78 is 10.5. The van der Waals surface area contributed by atoms with Crippen LogP contribution in [0.1, 0.15) is 25.7 Å². The number of aromatic nitrogens is 1. The minimum absolute atomic E-state index is 0.248. The summed E-state index contributed by atoms with van der Waals surface area (Å²) in [6, 6.07) is 6.07. The quantitative estimate of drug-likeness (QED) is 0.570. The van der Waals surface area contributed by atoms with Crippen molar-refractivity contribution in [3.05, 3.63) is 40.4 Å². The zero-order valence-electron chi connectivity index (χ0n) is 15.8. The Morgan fingerprint density at radius 3 is 2.48 bits per heavy atom. The average Bonchev–Trinajstić information content (AvgIpc) is 3.13. The number of primary amides is 1. The number of carbonyl (C=O) groups is 3. The molecule has 1 aliphatic rings. The van der Waals surface area contributed by atoms with Crippen molar-refractivity contribution in [2.75, 3.05) is 37.8 Å². The number of rotatable bonds is 6. The Morgan fingerprint density at radius 2 is 1.83 bits per heavy atom. The molecule has 11 heteroatoms. The molecule has 1 aliphatic heterocycles. The van der Waals surface area contributed by atoms with Crippen LogP contribution in [-0.4, -0.2) is 55.6 Å². The highest BCUT2D eigenvalue weighted by Crippen LogP contribution is 2.26. The van der Waals surface area contributed by atoms with E-state index >= 15 is 0 Å². The summed E-state index contributed by atoms with van der Waals surface area (Å²) in [5.41, 5.74) is 10.7. The van der Waals surface area contributed by atoms with Crippen molar-refractivity contribution in [3.8, 4) is 5.75 Å². The number of ether oxygens (including phenoxy) is 2. The van der Waals surface area contributed by atoms with Gasteiger partial charge in [0.05, 0.1) is 18.9 Å². The van der Waals surface area contributed by atoms with Gasteiger partial charge in [0.15, 0.2) is 11.7 Å². The molecule has 1 saturated heterocycles. The molecule has 0 unspecified atom stereocenters. The fraction of sp³-hybridized carbons (Fsp3) is 0.333. The van der Waals surface area contributed by atoms with Gasteiger partial charge < -0.3 is 20.1 Å². The van der Waals surface area contributed by atoms with Crippen molar-refractivity contribution in [2.45, 2.75) is 6.92 Å². The lowest BCUT2D eigenvalue weighted by atomic mass is 10.2. The van der Waals surface area contributed by atoms with Crippen LogP contribution in [0.4, 0.5) is 5.13 Å². The van der Waals surface area contributed by atoms with Gasteiger partial charge in [0.1, 0.15) is 10.6 Å². The van der Waals surface area contributed by atoms with Gasteiger partial charge in [-0.2, -0.15) is 0 Å². The van der Waals surface area contributed by atoms with Crippen molar-refractivity contribution < 1.29 is 23.9 Å². The molecule has 1 aromatic carbocycles. The van der Waals surface area contributed by atoms with E-state index in [4.69, 9.17) is 15.2 Å². The highest BCUT2D eigenvalue weighted by molar-refractivity contribution is 7.17. The van der Waals surface area contributed by atoms with Crippen molar-refractivity contribution in [1.82, 2.24) is 15.8 Å². The van der Waals surface area contributed by atoms with Crippen LogP contribution in [0.15, 0.2) is 24.3 Å². The van der Waals surface area contributed by atoms with Crippen LogP contribution >= 0.6 is 11.3 Å². The highest BCUT2D eigenvalue weighted by Gasteiger charge is 2.21. The molecule has 3 rings (SSSR count). The second kappa shape index (κ2) is 9.34. The summed E-state index contributed by atoms with van der Waals surface area (Å²) in [7, 11) is 0. The number of anilines is 1. The molecule has 1 aromatic heterocycles. The maximum atomic E-state index is 12.4. The first kappa shape index (κ1) is 20.6. The number of hydrogen-bond acceptors (Lipinski definition) is 8. The number of amides is 3. The number of hydrazine groups is 1. The molecule has 29 heavy (non-hydrogen) atoms. The van der Waals surface area contributed by atoms with Crippen LogP contribution in [-0.2, 0) is 9.53 Å². The van der Waals surface area contributed by atoms with E-state index in [0.717, 1.165) is 18.2 Å². The smallest absolute Gasteiger partial charge is 0.281 e. The zero-order chi connectivity index (χ0) is 20.8. The molecule has 4 N–H and O–H groups in total. The molecular formula is C18H21N5O5S. The lowest BCUT2D eigenvalue weighted by Crippen LogP contribution is -2.41. The fourth-order valence-corrected chi connectivity index (χ4v) is 3.60. The van der Waals surface area contributed by atoms with Gasteiger partial charge in [-0.25, -0.2) is 4.98 Å². The summed E-state index contributed by atoms with van der Waals surface area (Å²) in [4.78, 5) is 42.3. The van der Waals surface area contributed by atoms with Gasteiger partial charge in [0.25, 0.3) is 17.7 Å². The second-order valence-corrected chi connectivity index (χ2v) is 7.18. The van der Waals surface area contributed by atoms with Crippen LogP contribution < -0.4 is 26.2 Å². The molecule has 0 bridgehead atoms. The van der Waals surface area contributed by atoms with Gasteiger partial charge in [0, 0.05) is 18.7 Å². The summed E-state index contributed by atoms with van der Waals surface area (Å²) in [5, 5.41) is 0.758. The van der Waals surface area contributed by atoms with E-state index in [9.17, 15) is 14.4 Å². The number of nitrogens with one attached hydrogen (secondary N) is 2. The molecule has 154 valence electrons. The average molecular weight is 419 g/mol. The maximum Gasteiger partial charge on any atom is 0.281 e. The first-order valence-corrected chi connectivity index (χ1v) is 9.67. The van der Waals surface area contributed by atoms with E-state index in [2.05, 4.69) is 20.7 Å². The molecular weight excluding hydrogens is 398 g/mol. The van der Waals surface area contributed by atoms with Crippen molar-refractivity contribution in [1.29, 1.82) is 0 Å². The Balaban J connectivity index is 1.55. The number of hydrogen-bond donors (Lipinski definition) is 3. The second-order valence-electron chi connectivity index (χ2n) is 6.20. The number of nitrogens with zero attached hydrogens (tertiary/aromatic N) is 2. The Hall–Kier alpha value is -3.18. The van der Waals surface area contributed by atoms with Gasteiger partial charge >= 0.3 is 0 Å². The Morgan fingerprint density at radius 1 is 1.17 bits per heavy atom. The molecule has 0 radical (unpaired) electrons. The van der Waals surface area contributed by atoms with Gasteiger partial charge in [-0.15, -0.1) is 0 Å². The standard InChI is InChI=1S/C18H21N5O5S/c1-11-15(29-18(20-11)23-6-8-27-9-7-23)17(26)22-21-16(25)12-2-4-13(5-3-12)28-10-14(19)24/h2-5H,6-10H2,1H3,(H2,19,24)(H,21,25)(H,22,26). The first-order chi connectivity index (χ1) is 13.9. The third-order valence-corrected chi connectivity index (χ3v) is 5.28. The molecule has 2 aromatic rings. The lowest BCUT2D eigenvalue weighted by Gasteiger charge is -2.25. The van der Waals surface area contributed by atoms with E-state index in [0.29, 0.717) is 35.1 Å². The normalized spacial score (nSPS) is 13.6. The minimum atomic E-state index is -0.593. The van der Waals surface area contributed by atoms with Gasteiger partial charge in [-0.3, -0.25) is 25.2 Å². The number of thiazole rings is 1. The van der Waals surface area contributed by atoms with E-state index in [-0.39, 0.29) is 6.61 Å². The molecule has 1 fully saturated rings. The van der Waals surface area contributed by atoms with Crippen LogP contribution in [0.2, 0.25) is 0 Å². The molecule has 0 aliphatic carbocycles. The van der Waals surface area contributed by atoms with E-state index in [1.807, 2.05) is 0 Å². The topological polar surface area (TPSA) is 136 Å².